The van der Waals surface area contributed by atoms with E-state index in [1.807, 2.05) is 60.7 Å². The summed E-state index contributed by atoms with van der Waals surface area (Å²) in [4.78, 5) is 48.9. The molecule has 2 heterocycles. The van der Waals surface area contributed by atoms with Gasteiger partial charge in [-0.25, -0.2) is 26.4 Å². The number of non-ortho nitro benzene ring substituents is 1. The molecule has 0 saturated carbocycles. The predicted molar refractivity (Wildman–Crippen MR) is 212 cm³/mol. The maximum absolute atomic E-state index is 12.9. The van der Waals surface area contributed by atoms with Crippen LogP contribution >= 0.6 is 0 Å². The normalized spacial score (nSPS) is 15.0. The number of nitro benzene ring substituents is 1. The maximum atomic E-state index is 12.9. The highest BCUT2D eigenvalue weighted by atomic mass is 32.2. The van der Waals surface area contributed by atoms with Gasteiger partial charge in [-0.3, -0.25) is 14.9 Å². The fourth-order valence-corrected chi connectivity index (χ4v) is 8.63. The zero-order valence-corrected chi connectivity index (χ0v) is 32.9. The van der Waals surface area contributed by atoms with E-state index < -0.39 is 37.2 Å². The van der Waals surface area contributed by atoms with Crippen LogP contribution in [0.1, 0.15) is 11.1 Å². The summed E-state index contributed by atoms with van der Waals surface area (Å²) in [6.45, 7) is 5.22. The van der Waals surface area contributed by atoms with Crippen LogP contribution in [-0.2, 0) is 47.5 Å². The molecule has 306 valence electrons. The molecule has 1 N–H and O–H groups in total. The fraction of sp³-hybridized carbons (Fsp3) is 0.256. The number of nitrogens with zero attached hydrogens (tertiary/aromatic N) is 5. The lowest BCUT2D eigenvalue weighted by atomic mass is 10.2. The van der Waals surface area contributed by atoms with Crippen molar-refractivity contribution in [2.75, 3.05) is 57.7 Å². The zero-order valence-electron chi connectivity index (χ0n) is 31.3. The first-order chi connectivity index (χ1) is 27.8. The number of rotatable bonds is 11. The molecule has 0 spiro atoms. The summed E-state index contributed by atoms with van der Waals surface area (Å²) in [7, 11) is -7.47. The Kier molecular flexibility index (Phi) is 14.7. The van der Waals surface area contributed by atoms with Crippen LogP contribution in [0, 0.1) is 10.1 Å². The number of piperazine rings is 2. The minimum atomic E-state index is -3.78. The van der Waals surface area contributed by atoms with Crippen molar-refractivity contribution in [1.29, 1.82) is 0 Å². The number of nitrogens with one attached hydrogen (secondary N) is 1. The van der Waals surface area contributed by atoms with E-state index in [2.05, 4.69) is 11.9 Å². The molecule has 19 heteroatoms. The molecular weight excluding hydrogens is 793 g/mol. The summed E-state index contributed by atoms with van der Waals surface area (Å²) in [6, 6.07) is 29.3. The summed E-state index contributed by atoms with van der Waals surface area (Å²) in [5.74, 6) is -0.374. The van der Waals surface area contributed by atoms with Gasteiger partial charge in [0, 0.05) is 70.2 Å². The van der Waals surface area contributed by atoms with Crippen LogP contribution in [0.25, 0.3) is 0 Å². The third-order valence-electron chi connectivity index (χ3n) is 9.03. The smallest absolute Gasteiger partial charge is 0.410 e. The van der Waals surface area contributed by atoms with Crippen LogP contribution in [0.5, 0.6) is 0 Å². The first kappa shape index (κ1) is 43.0. The van der Waals surface area contributed by atoms with Crippen LogP contribution in [-0.4, -0.2) is 111 Å². The lowest BCUT2D eigenvalue weighted by Crippen LogP contribution is -2.50. The Morgan fingerprint density at radius 2 is 1.00 bits per heavy atom. The molecule has 0 atom stereocenters. The van der Waals surface area contributed by atoms with E-state index in [9.17, 15) is 41.3 Å². The van der Waals surface area contributed by atoms with Gasteiger partial charge in [0.05, 0.1) is 14.7 Å². The average molecular weight is 835 g/mol. The Morgan fingerprint density at radius 1 is 0.621 bits per heavy atom. The van der Waals surface area contributed by atoms with Crippen LogP contribution < -0.4 is 5.32 Å². The van der Waals surface area contributed by atoms with E-state index in [0.717, 1.165) is 29.3 Å². The van der Waals surface area contributed by atoms with Gasteiger partial charge in [0.2, 0.25) is 26.0 Å². The predicted octanol–water partition coefficient (Wildman–Crippen LogP) is 4.69. The number of ether oxygens (including phenoxy) is 2. The summed E-state index contributed by atoms with van der Waals surface area (Å²) in [6.07, 6.45) is 0.184. The molecule has 0 aromatic heterocycles. The Balaban J connectivity index is 0.000000221. The summed E-state index contributed by atoms with van der Waals surface area (Å²) >= 11 is 0. The van der Waals surface area contributed by atoms with Gasteiger partial charge in [-0.15, -0.1) is 0 Å². The molecule has 58 heavy (non-hydrogen) atoms. The summed E-state index contributed by atoms with van der Waals surface area (Å²) in [5, 5.41) is 13.3. The maximum Gasteiger partial charge on any atom is 0.410 e. The van der Waals surface area contributed by atoms with Crippen molar-refractivity contribution in [3.05, 3.63) is 143 Å². The van der Waals surface area contributed by atoms with Gasteiger partial charge in [0.15, 0.2) is 0 Å². The van der Waals surface area contributed by atoms with Crippen LogP contribution in [0.3, 0.4) is 0 Å². The van der Waals surface area contributed by atoms with Crippen molar-refractivity contribution >= 4 is 49.5 Å². The molecule has 4 aromatic carbocycles. The quantitative estimate of drug-likeness (QED) is 0.125. The van der Waals surface area contributed by atoms with Crippen LogP contribution in [0.15, 0.2) is 132 Å². The number of carbonyl (C=O) groups is 3. The summed E-state index contributed by atoms with van der Waals surface area (Å²) < 4.78 is 64.2. The Bertz CT molecular complexity index is 2260. The lowest BCUT2D eigenvalue weighted by Gasteiger charge is -2.33. The topological polar surface area (TPSA) is 206 Å². The molecule has 4 aromatic rings. The fourth-order valence-electron chi connectivity index (χ4n) is 5.78. The van der Waals surface area contributed by atoms with Crippen molar-refractivity contribution in [2.45, 2.75) is 23.0 Å². The standard InChI is InChI=1S/C21H23N3O5S.C18H19N3O6S/c1-2-20(25)22-18-8-10-19(11-9-18)30(27,28)24-14-12-23(13-15-24)21(26)29-16-17-6-4-3-5-7-17;22-18(27-14-15-4-2-1-3-5-15)19-10-12-20(13-11-19)28(25,26)17-8-6-16(7-9-17)21(23)24/h2-11H,1,12-16H2,(H,22,25);1-9H,10-14H2. The van der Waals surface area contributed by atoms with Crippen molar-refractivity contribution in [2.24, 2.45) is 0 Å². The molecule has 0 aliphatic carbocycles. The number of amides is 3. The van der Waals surface area contributed by atoms with E-state index in [-0.39, 0.29) is 87.0 Å². The first-order valence-electron chi connectivity index (χ1n) is 18.0. The molecule has 2 aliphatic heterocycles. The summed E-state index contributed by atoms with van der Waals surface area (Å²) in [5.41, 5.74) is 2.06. The van der Waals surface area contributed by atoms with E-state index in [1.54, 1.807) is 0 Å². The Morgan fingerprint density at radius 3 is 1.36 bits per heavy atom. The SMILES string of the molecule is C=CC(=O)Nc1ccc(S(=O)(=O)N2CCN(C(=O)OCc3ccccc3)CC2)cc1.O=C(OCc1ccccc1)N1CCN(S(=O)(=O)c2ccc([N+](=O)[O-])cc2)CC1. The van der Waals surface area contributed by atoms with Crippen molar-refractivity contribution in [3.8, 4) is 0 Å². The number of hydrogen-bond donors (Lipinski definition) is 1. The Hall–Kier alpha value is -6.15. The van der Waals surface area contributed by atoms with Crippen LogP contribution in [0.4, 0.5) is 21.0 Å². The highest BCUT2D eigenvalue weighted by Gasteiger charge is 2.32. The zero-order chi connectivity index (χ0) is 41.7. The van der Waals surface area contributed by atoms with Crippen LogP contribution in [0.2, 0.25) is 0 Å². The van der Waals surface area contributed by atoms with Gasteiger partial charge >= 0.3 is 12.2 Å². The molecule has 17 nitrogen and oxygen atoms in total. The number of nitro groups is 1. The van der Waals surface area contributed by atoms with Crippen molar-refractivity contribution < 1.29 is 45.6 Å². The minimum absolute atomic E-state index is 0.0156. The molecule has 2 fully saturated rings. The lowest BCUT2D eigenvalue weighted by molar-refractivity contribution is -0.384. The molecule has 2 saturated heterocycles. The third kappa shape index (κ3) is 11.5. The van der Waals surface area contributed by atoms with Gasteiger partial charge in [-0.1, -0.05) is 67.2 Å². The second kappa shape index (κ2) is 19.8. The first-order valence-corrected chi connectivity index (χ1v) is 20.9. The van der Waals surface area contributed by atoms with E-state index in [0.29, 0.717) is 5.69 Å². The largest absolute Gasteiger partial charge is 0.445 e. The molecular formula is C39H42N6O11S2. The monoisotopic (exact) mass is 834 g/mol. The van der Waals surface area contributed by atoms with Gasteiger partial charge in [-0.2, -0.15) is 8.61 Å². The van der Waals surface area contributed by atoms with Gasteiger partial charge < -0.3 is 24.6 Å². The molecule has 2 aliphatic rings. The number of anilines is 1. The van der Waals surface area contributed by atoms with Gasteiger partial charge in [-0.05, 0) is 53.6 Å². The number of benzene rings is 4. The average Bonchev–Trinajstić information content (AvgIpc) is 3.26. The van der Waals surface area contributed by atoms with E-state index in [1.165, 1.54) is 54.8 Å². The molecule has 0 bridgehead atoms. The van der Waals surface area contributed by atoms with E-state index in [4.69, 9.17) is 9.47 Å². The highest BCUT2D eigenvalue weighted by Crippen LogP contribution is 2.22. The van der Waals surface area contributed by atoms with Gasteiger partial charge in [0.25, 0.3) is 5.69 Å². The number of hydrogen-bond acceptors (Lipinski definition) is 11. The second-order valence-corrected chi connectivity index (χ2v) is 16.7. The number of sulfonamides is 2. The molecule has 6 rings (SSSR count). The molecule has 0 unspecified atom stereocenters. The molecule has 0 radical (unpaired) electrons. The second-order valence-electron chi connectivity index (χ2n) is 12.8. The number of carbonyl (C=O) groups excluding carboxylic acids is 3. The third-order valence-corrected chi connectivity index (χ3v) is 12.9. The van der Waals surface area contributed by atoms with E-state index >= 15 is 0 Å². The van der Waals surface area contributed by atoms with Crippen molar-refractivity contribution in [1.82, 2.24) is 18.4 Å². The highest BCUT2D eigenvalue weighted by molar-refractivity contribution is 7.89. The van der Waals surface area contributed by atoms with Gasteiger partial charge in [0.1, 0.15) is 13.2 Å². The Labute approximate surface area is 336 Å². The van der Waals surface area contributed by atoms with Crippen molar-refractivity contribution in [3.63, 3.8) is 0 Å². The minimum Gasteiger partial charge on any atom is -0.445 e. The molecule has 3 amide bonds.